The van der Waals surface area contributed by atoms with E-state index in [-0.39, 0.29) is 24.0 Å². The number of hydrogen-bond donors (Lipinski definition) is 0. The van der Waals surface area contributed by atoms with Crippen molar-refractivity contribution in [2.75, 3.05) is 7.11 Å². The molecule has 1 fully saturated rings. The highest BCUT2D eigenvalue weighted by Crippen LogP contribution is 2.60. The number of fused-ring (bicyclic) bond motifs is 5. The zero-order valence-electron chi connectivity index (χ0n) is 15.1. The van der Waals surface area contributed by atoms with Crippen LogP contribution in [-0.2, 0) is 4.74 Å². The first-order chi connectivity index (χ1) is 13.3. The van der Waals surface area contributed by atoms with E-state index in [1.165, 1.54) is 16.7 Å². The molecule has 2 nitrogen and oxygen atoms in total. The van der Waals surface area contributed by atoms with Crippen molar-refractivity contribution in [2.24, 2.45) is 5.92 Å². The summed E-state index contributed by atoms with van der Waals surface area (Å²) in [5.74, 6) is 8.15. The molecular weight excluding hydrogens is 332 g/mol. The third-order valence-corrected chi connectivity index (χ3v) is 5.60. The van der Waals surface area contributed by atoms with Crippen LogP contribution >= 0.6 is 0 Å². The number of rotatable bonds is 2. The summed E-state index contributed by atoms with van der Waals surface area (Å²) in [6.45, 7) is 0. The van der Waals surface area contributed by atoms with E-state index in [1.807, 2.05) is 30.3 Å². The molecule has 2 aliphatic heterocycles. The van der Waals surface area contributed by atoms with Gasteiger partial charge in [0.05, 0.1) is 25.2 Å². The Bertz CT molecular complexity index is 1010. The van der Waals surface area contributed by atoms with Crippen LogP contribution in [0.5, 0.6) is 5.75 Å². The molecule has 0 amide bonds. The van der Waals surface area contributed by atoms with Crippen molar-refractivity contribution in [2.45, 2.75) is 18.1 Å². The molecule has 0 radical (unpaired) electrons. The molecule has 0 aliphatic carbocycles. The Morgan fingerprint density at radius 2 is 1.44 bits per heavy atom. The molecule has 2 bridgehead atoms. The zero-order chi connectivity index (χ0) is 18.2. The van der Waals surface area contributed by atoms with Crippen LogP contribution in [0.3, 0.4) is 0 Å². The maximum atomic E-state index is 6.43. The molecule has 0 aromatic heterocycles. The SMILES string of the molecule is COc1ccc([C@H]2[C@@H](C#Cc3ccccc3)[C@H]3O[C@@H]2c2ccccc23)cc1. The minimum Gasteiger partial charge on any atom is -0.497 e. The molecule has 2 aliphatic rings. The molecule has 132 valence electrons. The van der Waals surface area contributed by atoms with Crippen LogP contribution in [0.15, 0.2) is 78.9 Å². The quantitative estimate of drug-likeness (QED) is 0.585. The summed E-state index contributed by atoms with van der Waals surface area (Å²) in [4.78, 5) is 0. The lowest BCUT2D eigenvalue weighted by molar-refractivity contribution is 0.0627. The molecule has 5 rings (SSSR count). The van der Waals surface area contributed by atoms with Gasteiger partial charge in [0.2, 0.25) is 0 Å². The van der Waals surface area contributed by atoms with Gasteiger partial charge in [-0.2, -0.15) is 0 Å². The van der Waals surface area contributed by atoms with Crippen molar-refractivity contribution in [3.63, 3.8) is 0 Å². The second kappa shape index (κ2) is 6.61. The molecule has 3 aromatic carbocycles. The van der Waals surface area contributed by atoms with Crippen LogP contribution < -0.4 is 4.74 Å². The third-order valence-electron chi connectivity index (χ3n) is 5.60. The average Bonchev–Trinajstić information content (AvgIpc) is 3.30. The lowest BCUT2D eigenvalue weighted by Crippen LogP contribution is -2.19. The molecule has 3 aromatic rings. The molecule has 0 unspecified atom stereocenters. The van der Waals surface area contributed by atoms with Crippen molar-refractivity contribution >= 4 is 0 Å². The zero-order valence-corrected chi connectivity index (χ0v) is 15.1. The molecule has 0 saturated carbocycles. The summed E-state index contributed by atoms with van der Waals surface area (Å²) in [7, 11) is 1.69. The largest absolute Gasteiger partial charge is 0.497 e. The summed E-state index contributed by atoms with van der Waals surface area (Å²) in [6.07, 6.45) is 0.101. The third kappa shape index (κ3) is 2.72. The molecular formula is C25H20O2. The van der Waals surface area contributed by atoms with Gasteiger partial charge in [-0.15, -0.1) is 0 Å². The van der Waals surface area contributed by atoms with Gasteiger partial charge in [-0.05, 0) is 41.0 Å². The smallest absolute Gasteiger partial charge is 0.118 e. The Hall–Kier alpha value is -3.02. The maximum absolute atomic E-state index is 6.43. The number of hydrogen-bond acceptors (Lipinski definition) is 2. The van der Waals surface area contributed by atoms with Crippen LogP contribution in [0, 0.1) is 17.8 Å². The number of methoxy groups -OCH3 is 1. The minimum atomic E-state index is 0.0366. The highest BCUT2D eigenvalue weighted by molar-refractivity contribution is 5.47. The molecule has 2 heterocycles. The molecule has 0 N–H and O–H groups in total. The fourth-order valence-corrected chi connectivity index (χ4v) is 4.33. The van der Waals surface area contributed by atoms with Gasteiger partial charge in [-0.1, -0.05) is 66.4 Å². The summed E-state index contributed by atoms with van der Waals surface area (Å²) in [5.41, 5.74) is 4.90. The van der Waals surface area contributed by atoms with E-state index >= 15 is 0 Å². The Balaban J connectivity index is 1.57. The van der Waals surface area contributed by atoms with Gasteiger partial charge in [0.25, 0.3) is 0 Å². The fraction of sp³-hybridized carbons (Fsp3) is 0.200. The van der Waals surface area contributed by atoms with Crippen LogP contribution in [0.25, 0.3) is 0 Å². The standard InChI is InChI=1S/C25H20O2/c1-26-19-14-12-18(13-15-19)23-22(16-11-17-7-3-2-4-8-17)24-20-9-5-6-10-21(20)25(23)27-24/h2-10,12-15,22-25H,1H3/t22-,23+,24+,25-/m1/s1. The molecule has 2 heteroatoms. The molecule has 4 atom stereocenters. The van der Waals surface area contributed by atoms with Crippen LogP contribution in [0.1, 0.15) is 40.4 Å². The van der Waals surface area contributed by atoms with Gasteiger partial charge in [0.15, 0.2) is 0 Å². The van der Waals surface area contributed by atoms with E-state index < -0.39 is 0 Å². The predicted molar refractivity (Wildman–Crippen MR) is 106 cm³/mol. The van der Waals surface area contributed by atoms with Crippen LogP contribution in [0.4, 0.5) is 0 Å². The Morgan fingerprint density at radius 1 is 0.778 bits per heavy atom. The van der Waals surface area contributed by atoms with E-state index in [2.05, 4.69) is 60.4 Å². The van der Waals surface area contributed by atoms with Crippen molar-refractivity contribution in [1.29, 1.82) is 0 Å². The second-order valence-corrected chi connectivity index (χ2v) is 7.07. The van der Waals surface area contributed by atoms with Gasteiger partial charge in [0, 0.05) is 11.5 Å². The highest BCUT2D eigenvalue weighted by atomic mass is 16.5. The molecule has 0 spiro atoms. The second-order valence-electron chi connectivity index (χ2n) is 7.07. The van der Waals surface area contributed by atoms with Crippen molar-refractivity contribution in [1.82, 2.24) is 0 Å². The van der Waals surface area contributed by atoms with E-state index in [9.17, 15) is 0 Å². The van der Waals surface area contributed by atoms with E-state index in [0.717, 1.165) is 11.3 Å². The number of ether oxygens (including phenoxy) is 2. The summed E-state index contributed by atoms with van der Waals surface area (Å²) in [6, 6.07) is 27.1. The van der Waals surface area contributed by atoms with E-state index in [1.54, 1.807) is 7.11 Å². The monoisotopic (exact) mass is 352 g/mol. The Kier molecular flexibility index (Phi) is 3.96. The van der Waals surface area contributed by atoms with Crippen molar-refractivity contribution < 1.29 is 9.47 Å². The van der Waals surface area contributed by atoms with Gasteiger partial charge >= 0.3 is 0 Å². The van der Waals surface area contributed by atoms with E-state index in [4.69, 9.17) is 9.47 Å². The first-order valence-electron chi connectivity index (χ1n) is 9.30. The summed E-state index contributed by atoms with van der Waals surface area (Å²) in [5, 5.41) is 0. The molecule has 1 saturated heterocycles. The Morgan fingerprint density at radius 3 is 2.15 bits per heavy atom. The summed E-state index contributed by atoms with van der Waals surface area (Å²) >= 11 is 0. The van der Waals surface area contributed by atoms with Gasteiger partial charge in [-0.25, -0.2) is 0 Å². The lowest BCUT2D eigenvalue weighted by atomic mass is 9.73. The van der Waals surface area contributed by atoms with Crippen LogP contribution in [-0.4, -0.2) is 7.11 Å². The fourth-order valence-electron chi connectivity index (χ4n) is 4.33. The highest BCUT2D eigenvalue weighted by Gasteiger charge is 2.52. The molecule has 27 heavy (non-hydrogen) atoms. The lowest BCUT2D eigenvalue weighted by Gasteiger charge is -2.26. The van der Waals surface area contributed by atoms with Crippen molar-refractivity contribution in [3.05, 3.63) is 101 Å². The van der Waals surface area contributed by atoms with Gasteiger partial charge in [0.1, 0.15) is 5.75 Å². The minimum absolute atomic E-state index is 0.0366. The Labute approximate surface area is 159 Å². The van der Waals surface area contributed by atoms with Crippen molar-refractivity contribution in [3.8, 4) is 17.6 Å². The van der Waals surface area contributed by atoms with Crippen LogP contribution in [0.2, 0.25) is 0 Å². The van der Waals surface area contributed by atoms with Gasteiger partial charge in [-0.3, -0.25) is 0 Å². The first kappa shape index (κ1) is 16.2. The maximum Gasteiger partial charge on any atom is 0.118 e. The first-order valence-corrected chi connectivity index (χ1v) is 9.30. The summed E-state index contributed by atoms with van der Waals surface area (Å²) < 4.78 is 11.8. The number of benzene rings is 3. The normalized spacial score (nSPS) is 24.8. The average molecular weight is 352 g/mol. The topological polar surface area (TPSA) is 18.5 Å². The van der Waals surface area contributed by atoms with E-state index in [0.29, 0.717) is 0 Å². The van der Waals surface area contributed by atoms with Gasteiger partial charge < -0.3 is 9.47 Å². The predicted octanol–water partition coefficient (Wildman–Crippen LogP) is 5.27.